The maximum absolute atomic E-state index is 4.13. The van der Waals surface area contributed by atoms with Crippen LogP contribution >= 0.6 is 0 Å². The van der Waals surface area contributed by atoms with E-state index in [1.165, 1.54) is 96.3 Å². The number of hydrogen-bond acceptors (Lipinski definition) is 3. The van der Waals surface area contributed by atoms with Gasteiger partial charge in [0.15, 0.2) is 0 Å². The first-order valence-electron chi connectivity index (χ1n) is 11.1. The van der Waals surface area contributed by atoms with E-state index in [9.17, 15) is 0 Å². The van der Waals surface area contributed by atoms with Gasteiger partial charge in [0, 0.05) is 12.7 Å². The molecular weight excluding hydrogens is 294 g/mol. The van der Waals surface area contributed by atoms with Gasteiger partial charge < -0.3 is 0 Å². The molecule has 0 unspecified atom stereocenters. The molecule has 3 nitrogen and oxygen atoms in total. The highest BCUT2D eigenvalue weighted by molar-refractivity contribution is 5.04. The van der Waals surface area contributed by atoms with Crippen molar-refractivity contribution in [3.8, 4) is 0 Å². The molecule has 24 heavy (non-hydrogen) atoms. The van der Waals surface area contributed by atoms with Crippen molar-refractivity contribution in [2.24, 2.45) is 11.8 Å². The topological polar surface area (TPSA) is 27.3 Å². The normalized spacial score (nSPS) is 32.0. The second-order valence-electron chi connectivity index (χ2n) is 9.02. The number of nitrogens with zero attached hydrogens (tertiary/aromatic N) is 1. The summed E-state index contributed by atoms with van der Waals surface area (Å²) in [4.78, 5) is 2.97. The Hall–Kier alpha value is -0.120. The van der Waals surface area contributed by atoms with E-state index in [0.29, 0.717) is 5.66 Å². The summed E-state index contributed by atoms with van der Waals surface area (Å²) in [5.41, 5.74) is 0.314. The van der Waals surface area contributed by atoms with Gasteiger partial charge in [0.25, 0.3) is 0 Å². The first-order chi connectivity index (χ1) is 11.9. The molecule has 4 rings (SSSR count). The van der Waals surface area contributed by atoms with E-state index in [2.05, 4.69) is 15.5 Å². The number of hydrogen-bond donors (Lipinski definition) is 2. The molecule has 0 amide bonds. The third-order valence-corrected chi connectivity index (χ3v) is 7.72. The molecule has 1 aliphatic heterocycles. The molecule has 1 heterocycles. The second kappa shape index (κ2) is 8.05. The van der Waals surface area contributed by atoms with Crippen LogP contribution in [0.2, 0.25) is 0 Å². The summed E-state index contributed by atoms with van der Waals surface area (Å²) in [5.74, 6) is 1.77. The molecule has 2 N–H and O–H groups in total. The van der Waals surface area contributed by atoms with Crippen LogP contribution in [-0.2, 0) is 0 Å². The highest BCUT2D eigenvalue weighted by Gasteiger charge is 2.52. The minimum absolute atomic E-state index is 0.314. The molecule has 3 heteroatoms. The fourth-order valence-corrected chi connectivity index (χ4v) is 6.61. The minimum Gasteiger partial charge on any atom is -0.292 e. The minimum atomic E-state index is 0.314. The van der Waals surface area contributed by atoms with Gasteiger partial charge in [0.05, 0.1) is 12.3 Å². The van der Waals surface area contributed by atoms with Crippen LogP contribution in [0.4, 0.5) is 0 Å². The number of nitrogens with one attached hydrogen (secondary N) is 2. The lowest BCUT2D eigenvalue weighted by Gasteiger charge is -2.60. The molecule has 0 radical (unpaired) electrons. The average molecular weight is 334 g/mol. The molecule has 0 aromatic heterocycles. The van der Waals surface area contributed by atoms with E-state index in [0.717, 1.165) is 31.2 Å². The highest BCUT2D eigenvalue weighted by atomic mass is 15.5. The quantitative estimate of drug-likeness (QED) is 0.791. The van der Waals surface area contributed by atoms with E-state index >= 15 is 0 Å². The van der Waals surface area contributed by atoms with Gasteiger partial charge in [-0.2, -0.15) is 0 Å². The van der Waals surface area contributed by atoms with Crippen LogP contribution in [0.25, 0.3) is 0 Å². The summed E-state index contributed by atoms with van der Waals surface area (Å²) >= 11 is 0. The average Bonchev–Trinajstić information content (AvgIpc) is 2.70. The third-order valence-electron chi connectivity index (χ3n) is 7.72. The first kappa shape index (κ1) is 17.3. The summed E-state index contributed by atoms with van der Waals surface area (Å²) in [6.07, 6.45) is 21.9. The van der Waals surface area contributed by atoms with Gasteiger partial charge in [0.2, 0.25) is 0 Å². The van der Waals surface area contributed by atoms with Crippen molar-refractivity contribution in [1.82, 2.24) is 15.5 Å². The molecule has 3 aliphatic carbocycles. The lowest BCUT2D eigenvalue weighted by Crippen LogP contribution is -2.76. The van der Waals surface area contributed by atoms with Gasteiger partial charge in [-0.3, -0.25) is 15.5 Å². The van der Waals surface area contributed by atoms with Crippen LogP contribution in [0.1, 0.15) is 96.3 Å². The second-order valence-corrected chi connectivity index (χ2v) is 9.02. The molecule has 0 bridgehead atoms. The fraction of sp³-hybridized carbons (Fsp3) is 1.00. The van der Waals surface area contributed by atoms with Crippen LogP contribution in [0.5, 0.6) is 0 Å². The van der Waals surface area contributed by atoms with Crippen LogP contribution in [0, 0.1) is 11.8 Å². The van der Waals surface area contributed by atoms with Crippen molar-refractivity contribution in [1.29, 1.82) is 0 Å². The molecule has 4 aliphatic rings. The summed E-state index contributed by atoms with van der Waals surface area (Å²) in [6, 6.07) is 0.822. The smallest absolute Gasteiger partial charge is 0.0792 e. The van der Waals surface area contributed by atoms with Gasteiger partial charge in [-0.25, -0.2) is 0 Å². The Morgan fingerprint density at radius 2 is 1.12 bits per heavy atom. The Kier molecular flexibility index (Phi) is 5.81. The van der Waals surface area contributed by atoms with Crippen molar-refractivity contribution >= 4 is 0 Å². The standard InChI is InChI=1S/C21H39N3/c1-4-10-18(11-5-1)21(19-12-6-2-7-13-19)23-16-22-17-24(21)20-14-8-3-9-15-20/h18-20,22-23H,1-17H2. The summed E-state index contributed by atoms with van der Waals surface area (Å²) in [5, 5.41) is 7.81. The van der Waals surface area contributed by atoms with E-state index in [-0.39, 0.29) is 0 Å². The van der Waals surface area contributed by atoms with E-state index in [1.807, 2.05) is 0 Å². The first-order valence-corrected chi connectivity index (χ1v) is 11.1. The van der Waals surface area contributed by atoms with Gasteiger partial charge in [0.1, 0.15) is 0 Å². The zero-order valence-corrected chi connectivity index (χ0v) is 15.7. The lowest BCUT2D eigenvalue weighted by atomic mass is 9.67. The molecule has 3 saturated carbocycles. The van der Waals surface area contributed by atoms with E-state index < -0.39 is 0 Å². The van der Waals surface area contributed by atoms with Crippen molar-refractivity contribution in [3.05, 3.63) is 0 Å². The highest BCUT2D eigenvalue weighted by Crippen LogP contribution is 2.47. The van der Waals surface area contributed by atoms with Gasteiger partial charge in [-0.05, 0) is 50.4 Å². The predicted molar refractivity (Wildman–Crippen MR) is 101 cm³/mol. The van der Waals surface area contributed by atoms with Crippen molar-refractivity contribution in [3.63, 3.8) is 0 Å². The largest absolute Gasteiger partial charge is 0.292 e. The molecule has 0 atom stereocenters. The maximum Gasteiger partial charge on any atom is 0.0792 e. The van der Waals surface area contributed by atoms with Crippen molar-refractivity contribution in [2.45, 2.75) is 108 Å². The fourth-order valence-electron chi connectivity index (χ4n) is 6.61. The van der Waals surface area contributed by atoms with Crippen molar-refractivity contribution in [2.75, 3.05) is 13.3 Å². The molecule has 138 valence electrons. The predicted octanol–water partition coefficient (Wildman–Crippen LogP) is 4.59. The van der Waals surface area contributed by atoms with Crippen molar-refractivity contribution < 1.29 is 0 Å². The molecule has 1 saturated heterocycles. The Morgan fingerprint density at radius 3 is 1.67 bits per heavy atom. The Labute approximate surface area is 149 Å². The monoisotopic (exact) mass is 333 g/mol. The molecule has 4 fully saturated rings. The molecular formula is C21H39N3. The van der Waals surface area contributed by atoms with Crippen LogP contribution < -0.4 is 10.6 Å². The van der Waals surface area contributed by atoms with Gasteiger partial charge in [-0.1, -0.05) is 57.8 Å². The lowest BCUT2D eigenvalue weighted by molar-refractivity contribution is -0.122. The Morgan fingerprint density at radius 1 is 0.625 bits per heavy atom. The van der Waals surface area contributed by atoms with E-state index in [4.69, 9.17) is 0 Å². The van der Waals surface area contributed by atoms with Gasteiger partial charge in [-0.15, -0.1) is 0 Å². The van der Waals surface area contributed by atoms with E-state index in [1.54, 1.807) is 0 Å². The van der Waals surface area contributed by atoms with Crippen LogP contribution in [0.15, 0.2) is 0 Å². The summed E-state index contributed by atoms with van der Waals surface area (Å²) in [7, 11) is 0. The molecule has 0 spiro atoms. The molecule has 0 aromatic carbocycles. The number of rotatable bonds is 3. The van der Waals surface area contributed by atoms with Crippen LogP contribution in [-0.4, -0.2) is 29.9 Å². The van der Waals surface area contributed by atoms with Crippen LogP contribution in [0.3, 0.4) is 0 Å². The zero-order chi connectivity index (χ0) is 16.2. The summed E-state index contributed by atoms with van der Waals surface area (Å²) < 4.78 is 0. The SMILES string of the molecule is C1CCC(N2CNCNC2(C2CCCCC2)C2CCCCC2)CC1. The zero-order valence-electron chi connectivity index (χ0n) is 15.7. The van der Waals surface area contributed by atoms with Gasteiger partial charge >= 0.3 is 0 Å². The molecule has 0 aromatic rings. The maximum atomic E-state index is 4.13. The summed E-state index contributed by atoms with van der Waals surface area (Å²) in [6.45, 7) is 2.15. The third kappa shape index (κ3) is 3.29. The Bertz CT molecular complexity index is 361. The Balaban J connectivity index is 1.64.